The molecule has 0 unspecified atom stereocenters. The maximum Gasteiger partial charge on any atom is 0.186 e. The number of aromatic hydroxyl groups is 1. The van der Waals surface area contributed by atoms with Crippen LogP contribution >= 0.6 is 23.8 Å². The number of hydrazone groups is 1. The average Bonchev–Trinajstić information content (AvgIpc) is 2.24. The highest BCUT2D eigenvalue weighted by molar-refractivity contribution is 7.80. The van der Waals surface area contributed by atoms with Crippen molar-refractivity contribution in [1.82, 2.24) is 10.7 Å². The van der Waals surface area contributed by atoms with Crippen LogP contribution in [0.1, 0.15) is 12.5 Å². The van der Waals surface area contributed by atoms with Gasteiger partial charge >= 0.3 is 0 Å². The quantitative estimate of drug-likeness (QED) is 0.440. The molecule has 6 heteroatoms. The molecule has 0 atom stereocenters. The Bertz CT molecular complexity index is 409. The fourth-order valence-electron chi connectivity index (χ4n) is 0.969. The summed E-state index contributed by atoms with van der Waals surface area (Å²) in [7, 11) is 0. The van der Waals surface area contributed by atoms with Gasteiger partial charge in [0.05, 0.1) is 11.2 Å². The number of hydrogen-bond donors (Lipinski definition) is 3. The van der Waals surface area contributed by atoms with Crippen LogP contribution in [0, 0.1) is 0 Å². The van der Waals surface area contributed by atoms with E-state index in [1.54, 1.807) is 18.3 Å². The van der Waals surface area contributed by atoms with Crippen LogP contribution in [0.15, 0.2) is 23.3 Å². The summed E-state index contributed by atoms with van der Waals surface area (Å²) >= 11 is 10.6. The Morgan fingerprint density at radius 1 is 1.62 bits per heavy atom. The standard InChI is InChI=1S/C10H12ClN3OS/c1-2-12-10(16)14-13-6-7-3-4-9(15)8(11)5-7/h3-6,15H,2H2,1H3,(H2,12,14,16)/b13-6+. The number of nitrogens with zero attached hydrogens (tertiary/aromatic N) is 1. The van der Waals surface area contributed by atoms with Gasteiger partial charge in [0.1, 0.15) is 5.75 Å². The molecule has 1 aromatic carbocycles. The van der Waals surface area contributed by atoms with Crippen molar-refractivity contribution in [1.29, 1.82) is 0 Å². The van der Waals surface area contributed by atoms with Gasteiger partial charge in [-0.25, -0.2) is 0 Å². The maximum atomic E-state index is 9.20. The fraction of sp³-hybridized carbons (Fsp3) is 0.200. The minimum Gasteiger partial charge on any atom is -0.506 e. The van der Waals surface area contributed by atoms with Crippen LogP contribution in [0.2, 0.25) is 5.02 Å². The molecule has 0 aliphatic rings. The third-order valence-corrected chi connectivity index (χ3v) is 2.23. The van der Waals surface area contributed by atoms with Crippen LogP contribution in [0.4, 0.5) is 0 Å². The molecule has 0 aromatic heterocycles. The highest BCUT2D eigenvalue weighted by Crippen LogP contribution is 2.22. The van der Waals surface area contributed by atoms with E-state index < -0.39 is 0 Å². The van der Waals surface area contributed by atoms with Crippen molar-refractivity contribution < 1.29 is 5.11 Å². The Morgan fingerprint density at radius 2 is 2.38 bits per heavy atom. The lowest BCUT2D eigenvalue weighted by Crippen LogP contribution is -2.31. The highest BCUT2D eigenvalue weighted by atomic mass is 35.5. The van der Waals surface area contributed by atoms with Crippen LogP contribution in [0.25, 0.3) is 0 Å². The van der Waals surface area contributed by atoms with Crippen molar-refractivity contribution in [3.05, 3.63) is 28.8 Å². The molecule has 0 aliphatic carbocycles. The van der Waals surface area contributed by atoms with Gasteiger partial charge in [0, 0.05) is 6.54 Å². The van der Waals surface area contributed by atoms with Gasteiger partial charge in [-0.1, -0.05) is 11.6 Å². The second kappa shape index (κ2) is 6.30. The van der Waals surface area contributed by atoms with Crippen molar-refractivity contribution in [2.45, 2.75) is 6.92 Å². The number of hydrogen-bond acceptors (Lipinski definition) is 3. The van der Waals surface area contributed by atoms with Crippen LogP contribution < -0.4 is 10.7 Å². The number of nitrogens with one attached hydrogen (secondary N) is 2. The summed E-state index contributed by atoms with van der Waals surface area (Å²) < 4.78 is 0. The Hall–Kier alpha value is -1.33. The number of phenols is 1. The first kappa shape index (κ1) is 12.7. The molecule has 0 saturated heterocycles. The van der Waals surface area contributed by atoms with E-state index in [4.69, 9.17) is 23.8 Å². The normalized spacial score (nSPS) is 10.4. The van der Waals surface area contributed by atoms with E-state index in [1.165, 1.54) is 6.07 Å². The number of benzene rings is 1. The van der Waals surface area contributed by atoms with Gasteiger partial charge in [-0.05, 0) is 42.9 Å². The number of rotatable bonds is 3. The van der Waals surface area contributed by atoms with Crippen LogP contribution in [0.3, 0.4) is 0 Å². The number of phenolic OH excluding ortho intramolecular Hbond substituents is 1. The summed E-state index contributed by atoms with van der Waals surface area (Å²) in [6.07, 6.45) is 1.56. The summed E-state index contributed by atoms with van der Waals surface area (Å²) in [5.41, 5.74) is 3.42. The summed E-state index contributed by atoms with van der Waals surface area (Å²) in [6, 6.07) is 4.81. The Kier molecular flexibility index (Phi) is 5.01. The SMILES string of the molecule is CCNC(=S)N/N=C/c1ccc(O)c(Cl)c1. The predicted octanol–water partition coefficient (Wildman–Crippen LogP) is 1.86. The van der Waals surface area contributed by atoms with E-state index in [2.05, 4.69) is 15.8 Å². The predicted molar refractivity (Wildman–Crippen MR) is 70.1 cm³/mol. The van der Waals surface area contributed by atoms with E-state index in [-0.39, 0.29) is 5.75 Å². The molecule has 3 N–H and O–H groups in total. The number of thiocarbonyl (C=S) groups is 1. The molecule has 16 heavy (non-hydrogen) atoms. The molecule has 0 heterocycles. The zero-order valence-electron chi connectivity index (χ0n) is 8.70. The van der Waals surface area contributed by atoms with Gasteiger partial charge in [-0.2, -0.15) is 5.10 Å². The topological polar surface area (TPSA) is 56.7 Å². The van der Waals surface area contributed by atoms with Gasteiger partial charge in [0.25, 0.3) is 0 Å². The summed E-state index contributed by atoms with van der Waals surface area (Å²) in [5.74, 6) is 0.0509. The number of halogens is 1. The third-order valence-electron chi connectivity index (χ3n) is 1.69. The lowest BCUT2D eigenvalue weighted by molar-refractivity contribution is 0.475. The molecule has 0 spiro atoms. The zero-order chi connectivity index (χ0) is 12.0. The zero-order valence-corrected chi connectivity index (χ0v) is 10.3. The van der Waals surface area contributed by atoms with Crippen LogP contribution in [0.5, 0.6) is 5.75 Å². The fourth-order valence-corrected chi connectivity index (χ4v) is 1.35. The minimum atomic E-state index is 0.0509. The van der Waals surface area contributed by atoms with Crippen molar-refractivity contribution >= 4 is 35.1 Å². The molecular weight excluding hydrogens is 246 g/mol. The molecule has 0 radical (unpaired) electrons. The van der Waals surface area contributed by atoms with E-state index in [9.17, 15) is 5.11 Å². The smallest absolute Gasteiger partial charge is 0.186 e. The van der Waals surface area contributed by atoms with Crippen molar-refractivity contribution in [3.63, 3.8) is 0 Å². The second-order valence-electron chi connectivity index (χ2n) is 2.94. The van der Waals surface area contributed by atoms with Gasteiger partial charge in [0.2, 0.25) is 0 Å². The molecule has 1 aromatic rings. The molecule has 0 aliphatic heterocycles. The summed E-state index contributed by atoms with van der Waals surface area (Å²) in [6.45, 7) is 2.68. The van der Waals surface area contributed by atoms with E-state index in [0.29, 0.717) is 10.1 Å². The molecule has 0 fully saturated rings. The first-order valence-corrected chi connectivity index (χ1v) is 5.47. The molecule has 0 amide bonds. The summed E-state index contributed by atoms with van der Waals surface area (Å²) in [4.78, 5) is 0. The Balaban J connectivity index is 2.56. The van der Waals surface area contributed by atoms with Crippen molar-refractivity contribution in [3.8, 4) is 5.75 Å². The molecule has 1 rings (SSSR count). The van der Waals surface area contributed by atoms with E-state index >= 15 is 0 Å². The van der Waals surface area contributed by atoms with Crippen LogP contribution in [-0.4, -0.2) is 23.0 Å². The third kappa shape index (κ3) is 4.04. The van der Waals surface area contributed by atoms with E-state index in [1.807, 2.05) is 6.92 Å². The first-order chi connectivity index (χ1) is 7.63. The lowest BCUT2D eigenvalue weighted by Gasteiger charge is -2.02. The van der Waals surface area contributed by atoms with Gasteiger partial charge in [-0.3, -0.25) is 5.43 Å². The largest absolute Gasteiger partial charge is 0.506 e. The molecule has 0 bridgehead atoms. The molecule has 86 valence electrons. The Morgan fingerprint density at radius 3 is 3.00 bits per heavy atom. The molecule has 0 saturated carbocycles. The van der Waals surface area contributed by atoms with Gasteiger partial charge < -0.3 is 10.4 Å². The molecule has 4 nitrogen and oxygen atoms in total. The van der Waals surface area contributed by atoms with Crippen molar-refractivity contribution in [2.75, 3.05) is 6.54 Å². The maximum absolute atomic E-state index is 9.20. The van der Waals surface area contributed by atoms with Crippen molar-refractivity contribution in [2.24, 2.45) is 5.10 Å². The summed E-state index contributed by atoms with van der Waals surface area (Å²) in [5, 5.41) is 16.8. The van der Waals surface area contributed by atoms with E-state index in [0.717, 1.165) is 12.1 Å². The van der Waals surface area contributed by atoms with Crippen LogP contribution in [-0.2, 0) is 0 Å². The average molecular weight is 258 g/mol. The van der Waals surface area contributed by atoms with Gasteiger partial charge in [-0.15, -0.1) is 0 Å². The lowest BCUT2D eigenvalue weighted by atomic mass is 10.2. The second-order valence-corrected chi connectivity index (χ2v) is 3.76. The van der Waals surface area contributed by atoms with Gasteiger partial charge in [0.15, 0.2) is 5.11 Å². The monoisotopic (exact) mass is 257 g/mol. The Labute approximate surface area is 104 Å². The minimum absolute atomic E-state index is 0.0509. The molecular formula is C10H12ClN3OS. The highest BCUT2D eigenvalue weighted by Gasteiger charge is 1.97. The first-order valence-electron chi connectivity index (χ1n) is 4.69.